The van der Waals surface area contributed by atoms with Crippen molar-refractivity contribution in [2.45, 2.75) is 343 Å². The molecule has 84 heavy (non-hydrogen) atoms. The van der Waals surface area contributed by atoms with Gasteiger partial charge in [-0.1, -0.05) is 211 Å². The molecule has 17 unspecified atom stereocenters. The van der Waals surface area contributed by atoms with Gasteiger partial charge < -0.3 is 89.9 Å². The number of carbonyl (C=O) groups excluding carboxylic acids is 1. The number of aliphatic hydroxyl groups excluding tert-OH is 11. The number of unbranched alkanes of at least 4 members (excludes halogenated alkanes) is 30. The van der Waals surface area contributed by atoms with E-state index in [1.807, 2.05) is 6.08 Å². The van der Waals surface area contributed by atoms with Crippen molar-refractivity contribution in [3.63, 3.8) is 0 Å². The Bertz CT molecular complexity index is 1670. The van der Waals surface area contributed by atoms with E-state index in [9.17, 15) is 61.0 Å². The first kappa shape index (κ1) is 76.3. The lowest BCUT2D eigenvalue weighted by atomic mass is 9.96. The third kappa shape index (κ3) is 30.5. The SMILES string of the molecule is CCCCCCCCCC/C=C\CCCCCCCCCCCCCC(=O)NC(COC1OC(CO)C(OC2OC(CO)C(OC3OC(CO)C(O)C(O)C3O)C(O)C2O)C(O)C1O)C(O)/C=C/CC/C=C/CCCCCCCCCCCC. The van der Waals surface area contributed by atoms with Crippen molar-refractivity contribution >= 4 is 5.91 Å². The molecule has 1 amide bonds. The van der Waals surface area contributed by atoms with Gasteiger partial charge in [-0.05, 0) is 57.8 Å². The molecule has 0 aliphatic carbocycles. The number of hydrogen-bond donors (Lipinski definition) is 12. The van der Waals surface area contributed by atoms with Gasteiger partial charge in [-0.15, -0.1) is 0 Å². The molecule has 0 radical (unpaired) electrons. The lowest BCUT2D eigenvalue weighted by Crippen LogP contribution is -2.66. The molecule has 0 saturated carbocycles. The van der Waals surface area contributed by atoms with Crippen molar-refractivity contribution < 1.29 is 89.4 Å². The standard InChI is InChI=1S/C65H119NO18/c1-3-5-7-9-11-13-15-17-19-21-22-23-24-25-26-27-29-31-33-35-37-39-41-43-53(71)66-48(49(70)42-40-38-36-34-32-30-28-20-18-16-14-12-10-8-6-4-2)47-79-63-59(77)56(74)61(51(45-68)81-63)84-65-60(78)57(75)62(52(46-69)82-65)83-64-58(76)55(73)54(72)50(44-67)80-64/h21-22,32,34,40,42,48-52,54-65,67-70,72-78H,3-20,23-31,33,35-39,41,43-47H2,1-2H3,(H,66,71)/b22-21-,34-32+,42-40+. The van der Waals surface area contributed by atoms with Crippen LogP contribution in [0.4, 0.5) is 0 Å². The number of allylic oxidation sites excluding steroid dienone is 5. The number of rotatable bonds is 50. The minimum atomic E-state index is -1.98. The zero-order valence-corrected chi connectivity index (χ0v) is 51.6. The summed E-state index contributed by atoms with van der Waals surface area (Å²) in [6.45, 7) is 1.72. The Kier molecular flexibility index (Phi) is 43.5. The summed E-state index contributed by atoms with van der Waals surface area (Å²) < 4.78 is 34.3. The van der Waals surface area contributed by atoms with Crippen molar-refractivity contribution in [3.8, 4) is 0 Å². The minimum absolute atomic E-state index is 0.236. The van der Waals surface area contributed by atoms with Gasteiger partial charge in [0, 0.05) is 6.42 Å². The van der Waals surface area contributed by atoms with Gasteiger partial charge in [0.15, 0.2) is 18.9 Å². The molecule has 19 heteroatoms. The summed E-state index contributed by atoms with van der Waals surface area (Å²) in [5.41, 5.74) is 0. The Balaban J connectivity index is 1.46. The lowest BCUT2D eigenvalue weighted by Gasteiger charge is -2.48. The van der Waals surface area contributed by atoms with Crippen molar-refractivity contribution in [2.24, 2.45) is 0 Å². The highest BCUT2D eigenvalue weighted by molar-refractivity contribution is 5.76. The Morgan fingerprint density at radius 3 is 1.19 bits per heavy atom. The van der Waals surface area contributed by atoms with E-state index in [1.165, 1.54) is 167 Å². The normalized spacial score (nSPS) is 29.4. The zero-order valence-electron chi connectivity index (χ0n) is 51.6. The largest absolute Gasteiger partial charge is 0.394 e. The van der Waals surface area contributed by atoms with E-state index in [2.05, 4.69) is 43.5 Å². The molecule has 3 heterocycles. The monoisotopic (exact) mass is 1200 g/mol. The van der Waals surface area contributed by atoms with Crippen LogP contribution >= 0.6 is 0 Å². The van der Waals surface area contributed by atoms with Crippen LogP contribution in [-0.2, 0) is 33.2 Å². The Labute approximate surface area is 504 Å². The fraction of sp³-hybridized carbons (Fsp3) is 0.892. The Hall–Kier alpha value is -1.99. The van der Waals surface area contributed by atoms with Crippen LogP contribution < -0.4 is 5.32 Å². The van der Waals surface area contributed by atoms with Gasteiger partial charge in [0.2, 0.25) is 5.91 Å². The van der Waals surface area contributed by atoms with Crippen LogP contribution in [0.15, 0.2) is 36.5 Å². The smallest absolute Gasteiger partial charge is 0.220 e. The fourth-order valence-electron chi connectivity index (χ4n) is 11.2. The number of nitrogens with one attached hydrogen (secondary N) is 1. The number of ether oxygens (including phenoxy) is 6. The number of hydrogen-bond acceptors (Lipinski definition) is 18. The van der Waals surface area contributed by atoms with E-state index >= 15 is 0 Å². The quantitative estimate of drug-likeness (QED) is 0.0205. The lowest BCUT2D eigenvalue weighted by molar-refractivity contribution is -0.379. The summed E-state index contributed by atoms with van der Waals surface area (Å²) in [5, 5.41) is 120. The van der Waals surface area contributed by atoms with Gasteiger partial charge in [0.1, 0.15) is 73.2 Å². The topological polar surface area (TPSA) is 307 Å². The van der Waals surface area contributed by atoms with E-state index in [0.29, 0.717) is 12.8 Å². The molecule has 3 saturated heterocycles. The van der Waals surface area contributed by atoms with Crippen LogP contribution in [0.1, 0.15) is 239 Å². The molecule has 0 aromatic rings. The number of carbonyl (C=O) groups is 1. The summed E-state index contributed by atoms with van der Waals surface area (Å²) in [6.07, 6.45) is 26.9. The molecule has 19 nitrogen and oxygen atoms in total. The molecule has 3 aliphatic rings. The summed E-state index contributed by atoms with van der Waals surface area (Å²) in [7, 11) is 0. The van der Waals surface area contributed by atoms with Gasteiger partial charge in [-0.3, -0.25) is 4.79 Å². The van der Waals surface area contributed by atoms with Gasteiger partial charge in [0.25, 0.3) is 0 Å². The molecule has 3 aliphatic heterocycles. The molecule has 0 bridgehead atoms. The van der Waals surface area contributed by atoms with Crippen LogP contribution in [-0.4, -0.2) is 193 Å². The fourth-order valence-corrected chi connectivity index (χ4v) is 11.2. The van der Waals surface area contributed by atoms with Crippen LogP contribution in [0.25, 0.3) is 0 Å². The number of amides is 1. The first-order valence-corrected chi connectivity index (χ1v) is 33.2. The van der Waals surface area contributed by atoms with Crippen molar-refractivity contribution in [2.75, 3.05) is 26.4 Å². The maximum Gasteiger partial charge on any atom is 0.220 e. The van der Waals surface area contributed by atoms with Crippen LogP contribution in [0, 0.1) is 0 Å². The summed E-state index contributed by atoms with van der Waals surface area (Å²) in [5.74, 6) is -0.285. The minimum Gasteiger partial charge on any atom is -0.394 e. The highest BCUT2D eigenvalue weighted by Crippen LogP contribution is 2.33. The van der Waals surface area contributed by atoms with Crippen molar-refractivity contribution in [1.29, 1.82) is 0 Å². The van der Waals surface area contributed by atoms with Gasteiger partial charge in [-0.2, -0.15) is 0 Å². The Morgan fingerprint density at radius 2 is 0.762 bits per heavy atom. The summed E-state index contributed by atoms with van der Waals surface area (Å²) >= 11 is 0. The average molecular weight is 1200 g/mol. The molecular weight excluding hydrogens is 1080 g/mol. The third-order valence-electron chi connectivity index (χ3n) is 16.7. The first-order valence-electron chi connectivity index (χ1n) is 33.2. The van der Waals surface area contributed by atoms with E-state index in [1.54, 1.807) is 6.08 Å². The predicted molar refractivity (Wildman–Crippen MR) is 323 cm³/mol. The molecule has 3 fully saturated rings. The second-order valence-corrected chi connectivity index (χ2v) is 23.9. The van der Waals surface area contributed by atoms with E-state index < -0.39 is 124 Å². The second kappa shape index (κ2) is 47.9. The molecule has 0 aromatic carbocycles. The molecule has 0 aromatic heterocycles. The van der Waals surface area contributed by atoms with Crippen LogP contribution in [0.2, 0.25) is 0 Å². The van der Waals surface area contributed by atoms with E-state index in [-0.39, 0.29) is 18.9 Å². The number of aliphatic hydroxyl groups is 11. The molecule has 17 atom stereocenters. The highest BCUT2D eigenvalue weighted by atomic mass is 16.8. The first-order chi connectivity index (χ1) is 40.8. The van der Waals surface area contributed by atoms with E-state index in [4.69, 9.17) is 28.4 Å². The summed E-state index contributed by atoms with van der Waals surface area (Å²) in [6, 6.07) is -0.989. The van der Waals surface area contributed by atoms with E-state index in [0.717, 1.165) is 38.5 Å². The van der Waals surface area contributed by atoms with Crippen LogP contribution in [0.5, 0.6) is 0 Å². The molecular formula is C65H119NO18. The molecule has 0 spiro atoms. The second-order valence-electron chi connectivity index (χ2n) is 23.9. The van der Waals surface area contributed by atoms with Crippen molar-refractivity contribution in [3.05, 3.63) is 36.5 Å². The van der Waals surface area contributed by atoms with Gasteiger partial charge in [-0.25, -0.2) is 0 Å². The third-order valence-corrected chi connectivity index (χ3v) is 16.7. The Morgan fingerprint density at radius 1 is 0.417 bits per heavy atom. The average Bonchev–Trinajstić information content (AvgIpc) is 3.69. The van der Waals surface area contributed by atoms with Crippen molar-refractivity contribution in [1.82, 2.24) is 5.32 Å². The zero-order chi connectivity index (χ0) is 61.2. The molecule has 3 rings (SSSR count). The molecule has 12 N–H and O–H groups in total. The predicted octanol–water partition coefficient (Wildman–Crippen LogP) is 7.66. The maximum absolute atomic E-state index is 13.4. The van der Waals surface area contributed by atoms with Crippen LogP contribution in [0.3, 0.4) is 0 Å². The molecule has 492 valence electrons. The van der Waals surface area contributed by atoms with Gasteiger partial charge >= 0.3 is 0 Å². The van der Waals surface area contributed by atoms with Gasteiger partial charge in [0.05, 0.1) is 38.6 Å². The maximum atomic E-state index is 13.4. The summed E-state index contributed by atoms with van der Waals surface area (Å²) in [4.78, 5) is 13.4. The highest BCUT2D eigenvalue weighted by Gasteiger charge is 2.53.